The van der Waals surface area contributed by atoms with Crippen LogP contribution in [0.15, 0.2) is 72.8 Å². The van der Waals surface area contributed by atoms with Crippen LogP contribution in [-0.4, -0.2) is 42.0 Å². The molecule has 0 saturated heterocycles. The molecule has 33 heavy (non-hydrogen) atoms. The van der Waals surface area contributed by atoms with Gasteiger partial charge in [0.05, 0.1) is 15.8 Å². The molecule has 0 radical (unpaired) electrons. The fourth-order valence-corrected chi connectivity index (χ4v) is 4.82. The highest BCUT2D eigenvalue weighted by molar-refractivity contribution is 7.22. The van der Waals surface area contributed by atoms with E-state index in [9.17, 15) is 4.79 Å². The second-order valence-corrected chi connectivity index (χ2v) is 8.82. The first-order valence-electron chi connectivity index (χ1n) is 11.3. The minimum absolute atomic E-state index is 0.106. The lowest BCUT2D eigenvalue weighted by atomic mass is 10.1. The predicted octanol–water partition coefficient (Wildman–Crippen LogP) is 6.39. The first-order valence-corrected chi connectivity index (χ1v) is 12.1. The zero-order valence-electron chi connectivity index (χ0n) is 19.3. The SMILES string of the molecule is CCN(CC)CCN(C(=O)c1ccccc1Oc1ccccc1)c1nc2c(C)cccc2s1. The molecule has 0 saturated carbocycles. The molecule has 0 spiro atoms. The number of benzene rings is 3. The van der Waals surface area contributed by atoms with Crippen molar-refractivity contribution >= 4 is 32.6 Å². The molecule has 0 atom stereocenters. The highest BCUT2D eigenvalue weighted by Crippen LogP contribution is 2.33. The summed E-state index contributed by atoms with van der Waals surface area (Å²) in [5, 5.41) is 0.714. The van der Waals surface area contributed by atoms with Crippen LogP contribution >= 0.6 is 11.3 Å². The Morgan fingerprint density at radius 2 is 1.64 bits per heavy atom. The lowest BCUT2D eigenvalue weighted by Gasteiger charge is -2.25. The van der Waals surface area contributed by atoms with Crippen LogP contribution < -0.4 is 9.64 Å². The molecule has 1 aromatic heterocycles. The number of thiazole rings is 1. The van der Waals surface area contributed by atoms with Crippen LogP contribution in [0, 0.1) is 6.92 Å². The van der Waals surface area contributed by atoms with Crippen molar-refractivity contribution in [3.63, 3.8) is 0 Å². The molecule has 0 bridgehead atoms. The quantitative estimate of drug-likeness (QED) is 0.291. The van der Waals surface area contributed by atoms with Crippen LogP contribution in [0.5, 0.6) is 11.5 Å². The molecular formula is C27H29N3O2S. The van der Waals surface area contributed by atoms with Crippen molar-refractivity contribution in [2.24, 2.45) is 0 Å². The van der Waals surface area contributed by atoms with Crippen LogP contribution in [0.1, 0.15) is 29.8 Å². The maximum absolute atomic E-state index is 13.9. The zero-order valence-corrected chi connectivity index (χ0v) is 20.1. The Kier molecular flexibility index (Phi) is 7.37. The summed E-state index contributed by atoms with van der Waals surface area (Å²) in [7, 11) is 0. The van der Waals surface area contributed by atoms with Gasteiger partial charge in [0.1, 0.15) is 11.5 Å². The third-order valence-corrected chi connectivity index (χ3v) is 6.75. The van der Waals surface area contributed by atoms with Gasteiger partial charge in [-0.15, -0.1) is 0 Å². The normalized spacial score (nSPS) is 11.2. The van der Waals surface area contributed by atoms with E-state index in [0.29, 0.717) is 28.7 Å². The Morgan fingerprint density at radius 1 is 0.909 bits per heavy atom. The first kappa shape index (κ1) is 23.0. The second kappa shape index (κ2) is 10.6. The van der Waals surface area contributed by atoms with Gasteiger partial charge in [-0.05, 0) is 55.9 Å². The van der Waals surface area contributed by atoms with Gasteiger partial charge in [-0.25, -0.2) is 4.98 Å². The van der Waals surface area contributed by atoms with E-state index in [1.807, 2.05) is 60.7 Å². The van der Waals surface area contributed by atoms with E-state index in [2.05, 4.69) is 37.8 Å². The maximum atomic E-state index is 13.9. The number of carbonyl (C=O) groups is 1. The number of para-hydroxylation sites is 3. The Hall–Kier alpha value is -3.22. The molecule has 1 heterocycles. The summed E-state index contributed by atoms with van der Waals surface area (Å²) in [6, 6.07) is 23.1. The summed E-state index contributed by atoms with van der Waals surface area (Å²) in [4.78, 5) is 22.9. The molecule has 3 aromatic carbocycles. The Bertz CT molecular complexity index is 1220. The summed E-state index contributed by atoms with van der Waals surface area (Å²) >= 11 is 1.55. The Morgan fingerprint density at radius 3 is 2.36 bits per heavy atom. The highest BCUT2D eigenvalue weighted by Gasteiger charge is 2.25. The largest absolute Gasteiger partial charge is 0.457 e. The number of hydrogen-bond acceptors (Lipinski definition) is 5. The summed E-state index contributed by atoms with van der Waals surface area (Å²) in [5.74, 6) is 1.13. The molecule has 0 fully saturated rings. The summed E-state index contributed by atoms with van der Waals surface area (Å²) in [6.07, 6.45) is 0. The van der Waals surface area contributed by atoms with Gasteiger partial charge < -0.3 is 9.64 Å². The van der Waals surface area contributed by atoms with Gasteiger partial charge in [0.2, 0.25) is 0 Å². The van der Waals surface area contributed by atoms with Crippen LogP contribution in [-0.2, 0) is 0 Å². The van der Waals surface area contributed by atoms with Crippen LogP contribution in [0.3, 0.4) is 0 Å². The topological polar surface area (TPSA) is 45.7 Å². The number of anilines is 1. The van der Waals surface area contributed by atoms with E-state index in [0.717, 1.165) is 35.4 Å². The third kappa shape index (κ3) is 5.24. The number of hydrogen-bond donors (Lipinski definition) is 0. The van der Waals surface area contributed by atoms with Gasteiger partial charge in [-0.3, -0.25) is 9.69 Å². The van der Waals surface area contributed by atoms with Gasteiger partial charge in [0, 0.05) is 13.1 Å². The minimum atomic E-state index is -0.106. The lowest BCUT2D eigenvalue weighted by molar-refractivity contribution is 0.0981. The molecule has 0 aliphatic heterocycles. The third-order valence-electron chi connectivity index (χ3n) is 5.71. The van der Waals surface area contributed by atoms with Crippen molar-refractivity contribution < 1.29 is 9.53 Å². The van der Waals surface area contributed by atoms with Crippen molar-refractivity contribution in [3.8, 4) is 11.5 Å². The van der Waals surface area contributed by atoms with Crippen molar-refractivity contribution in [1.29, 1.82) is 0 Å². The van der Waals surface area contributed by atoms with E-state index < -0.39 is 0 Å². The number of aryl methyl sites for hydroxylation is 1. The van der Waals surface area contributed by atoms with Gasteiger partial charge in [-0.2, -0.15) is 0 Å². The average Bonchev–Trinajstić information content (AvgIpc) is 3.28. The Balaban J connectivity index is 1.71. The minimum Gasteiger partial charge on any atom is -0.457 e. The van der Waals surface area contributed by atoms with E-state index in [-0.39, 0.29) is 5.91 Å². The average molecular weight is 460 g/mol. The van der Waals surface area contributed by atoms with E-state index in [4.69, 9.17) is 9.72 Å². The molecular weight excluding hydrogens is 430 g/mol. The van der Waals surface area contributed by atoms with Crippen molar-refractivity contribution in [2.75, 3.05) is 31.1 Å². The van der Waals surface area contributed by atoms with Gasteiger partial charge in [-0.1, -0.05) is 67.6 Å². The van der Waals surface area contributed by atoms with E-state index in [1.165, 1.54) is 0 Å². The number of carbonyl (C=O) groups excluding carboxylic acids is 1. The number of rotatable bonds is 9. The zero-order chi connectivity index (χ0) is 23.2. The molecule has 0 aliphatic carbocycles. The number of likely N-dealkylation sites (N-methyl/N-ethyl adjacent to an activating group) is 1. The van der Waals surface area contributed by atoms with E-state index >= 15 is 0 Å². The molecule has 0 N–H and O–H groups in total. The molecule has 5 nitrogen and oxygen atoms in total. The number of ether oxygens (including phenoxy) is 1. The number of aromatic nitrogens is 1. The summed E-state index contributed by atoms with van der Waals surface area (Å²) < 4.78 is 7.17. The van der Waals surface area contributed by atoms with Crippen LogP contribution in [0.25, 0.3) is 10.2 Å². The number of nitrogens with zero attached hydrogens (tertiary/aromatic N) is 3. The van der Waals surface area contributed by atoms with Crippen molar-refractivity contribution in [2.45, 2.75) is 20.8 Å². The molecule has 4 aromatic rings. The Labute approximate surface area is 199 Å². The lowest BCUT2D eigenvalue weighted by Crippen LogP contribution is -2.39. The predicted molar refractivity (Wildman–Crippen MR) is 137 cm³/mol. The summed E-state index contributed by atoms with van der Waals surface area (Å²) in [6.45, 7) is 9.53. The number of fused-ring (bicyclic) bond motifs is 1. The molecule has 0 unspecified atom stereocenters. The summed E-state index contributed by atoms with van der Waals surface area (Å²) in [5.41, 5.74) is 2.59. The molecule has 1 amide bonds. The van der Waals surface area contributed by atoms with Gasteiger partial charge >= 0.3 is 0 Å². The highest BCUT2D eigenvalue weighted by atomic mass is 32.1. The van der Waals surface area contributed by atoms with Crippen LogP contribution in [0.2, 0.25) is 0 Å². The molecule has 6 heteroatoms. The van der Waals surface area contributed by atoms with Gasteiger partial charge in [0.25, 0.3) is 5.91 Å². The molecule has 170 valence electrons. The van der Waals surface area contributed by atoms with Crippen LogP contribution in [0.4, 0.5) is 5.13 Å². The van der Waals surface area contributed by atoms with E-state index in [1.54, 1.807) is 16.2 Å². The fourth-order valence-electron chi connectivity index (χ4n) is 3.75. The van der Waals surface area contributed by atoms with Crippen molar-refractivity contribution in [1.82, 2.24) is 9.88 Å². The molecule has 0 aliphatic rings. The van der Waals surface area contributed by atoms with Gasteiger partial charge in [0.15, 0.2) is 5.13 Å². The fraction of sp³-hybridized carbons (Fsp3) is 0.259. The monoisotopic (exact) mass is 459 g/mol. The standard InChI is InChI=1S/C27H29N3O2S/c1-4-29(5-2)18-19-30(27-28-25-20(3)12-11-17-24(25)33-27)26(31)22-15-9-10-16-23(22)32-21-13-7-6-8-14-21/h6-17H,4-5,18-19H2,1-3H3. The maximum Gasteiger partial charge on any atom is 0.263 e. The first-order chi connectivity index (χ1) is 16.1. The molecule has 4 rings (SSSR count). The second-order valence-electron chi connectivity index (χ2n) is 7.81. The van der Waals surface area contributed by atoms with Crippen molar-refractivity contribution in [3.05, 3.63) is 83.9 Å². The smallest absolute Gasteiger partial charge is 0.263 e. The number of amides is 1.